The molecule has 96 valence electrons. The van der Waals surface area contributed by atoms with Gasteiger partial charge in [-0.1, -0.05) is 30.4 Å². The summed E-state index contributed by atoms with van der Waals surface area (Å²) < 4.78 is 0. The summed E-state index contributed by atoms with van der Waals surface area (Å²) in [5.41, 5.74) is 1.11. The van der Waals surface area contributed by atoms with E-state index < -0.39 is 5.97 Å². The minimum atomic E-state index is -0.740. The van der Waals surface area contributed by atoms with Gasteiger partial charge in [0.05, 0.1) is 6.42 Å². The highest BCUT2D eigenvalue weighted by atomic mass is 16.4. The Bertz CT molecular complexity index is 414. The number of carboxylic acid groups (broad SMARTS) is 1. The lowest BCUT2D eigenvalue weighted by atomic mass is 10.0. The van der Waals surface area contributed by atoms with Crippen molar-refractivity contribution in [3.05, 3.63) is 42.5 Å². The van der Waals surface area contributed by atoms with Crippen molar-refractivity contribution in [2.24, 2.45) is 0 Å². The number of benzene rings is 1. The SMILES string of the molecule is O=C(O)CCN(c1ccccc1)C1C=CCCC1. The molecule has 3 nitrogen and oxygen atoms in total. The molecule has 0 saturated carbocycles. The minimum Gasteiger partial charge on any atom is -0.481 e. The van der Waals surface area contributed by atoms with Crippen molar-refractivity contribution in [2.45, 2.75) is 31.7 Å². The molecule has 2 rings (SSSR count). The van der Waals surface area contributed by atoms with Crippen molar-refractivity contribution in [2.75, 3.05) is 11.4 Å². The molecular weight excluding hydrogens is 226 g/mol. The van der Waals surface area contributed by atoms with Crippen LogP contribution >= 0.6 is 0 Å². The molecule has 18 heavy (non-hydrogen) atoms. The first-order valence-corrected chi connectivity index (χ1v) is 6.47. The van der Waals surface area contributed by atoms with Crippen molar-refractivity contribution in [1.82, 2.24) is 0 Å². The van der Waals surface area contributed by atoms with Gasteiger partial charge in [-0.25, -0.2) is 0 Å². The summed E-state index contributed by atoms with van der Waals surface area (Å²) in [5, 5.41) is 8.86. The molecule has 3 heteroatoms. The summed E-state index contributed by atoms with van der Waals surface area (Å²) in [4.78, 5) is 13.0. The number of aliphatic carboxylic acids is 1. The van der Waals surface area contributed by atoms with Crippen molar-refractivity contribution in [3.63, 3.8) is 0 Å². The zero-order valence-electron chi connectivity index (χ0n) is 10.5. The van der Waals surface area contributed by atoms with E-state index in [4.69, 9.17) is 5.11 Å². The van der Waals surface area contributed by atoms with Gasteiger partial charge in [-0.2, -0.15) is 0 Å². The van der Waals surface area contributed by atoms with Gasteiger partial charge in [0.2, 0.25) is 0 Å². The van der Waals surface area contributed by atoms with Gasteiger partial charge in [0.15, 0.2) is 0 Å². The van der Waals surface area contributed by atoms with Crippen molar-refractivity contribution < 1.29 is 9.90 Å². The number of anilines is 1. The van der Waals surface area contributed by atoms with E-state index in [2.05, 4.69) is 17.1 Å². The van der Waals surface area contributed by atoms with E-state index in [9.17, 15) is 4.79 Å². The Kier molecular flexibility index (Phi) is 4.40. The molecule has 0 fully saturated rings. The highest BCUT2D eigenvalue weighted by Gasteiger charge is 2.18. The molecule has 1 N–H and O–H groups in total. The second-order valence-corrected chi connectivity index (χ2v) is 4.60. The molecular formula is C15H19NO2. The maximum absolute atomic E-state index is 10.8. The molecule has 1 unspecified atom stereocenters. The molecule has 1 aromatic rings. The lowest BCUT2D eigenvalue weighted by molar-refractivity contribution is -0.136. The first-order chi connectivity index (χ1) is 8.77. The zero-order valence-corrected chi connectivity index (χ0v) is 10.5. The van der Waals surface area contributed by atoms with Gasteiger partial charge < -0.3 is 10.0 Å². The third-order valence-electron chi connectivity index (χ3n) is 3.28. The molecule has 1 atom stereocenters. The molecule has 1 aliphatic carbocycles. The van der Waals surface area contributed by atoms with Crippen LogP contribution in [0.4, 0.5) is 5.69 Å². The first-order valence-electron chi connectivity index (χ1n) is 6.47. The van der Waals surface area contributed by atoms with Crippen LogP contribution in [0, 0.1) is 0 Å². The standard InChI is InChI=1S/C15H19NO2/c17-15(18)11-12-16(13-7-3-1-4-8-13)14-9-5-2-6-10-14/h1,3-5,7-9,14H,2,6,10-12H2,(H,17,18). The summed E-state index contributed by atoms with van der Waals surface area (Å²) >= 11 is 0. The van der Waals surface area contributed by atoms with E-state index in [0.29, 0.717) is 12.6 Å². The molecule has 1 aliphatic rings. The van der Waals surface area contributed by atoms with E-state index in [-0.39, 0.29) is 6.42 Å². The largest absolute Gasteiger partial charge is 0.481 e. The molecule has 0 radical (unpaired) electrons. The monoisotopic (exact) mass is 245 g/mol. The number of hydrogen-bond acceptors (Lipinski definition) is 2. The lowest BCUT2D eigenvalue weighted by Crippen LogP contribution is -2.36. The third-order valence-corrected chi connectivity index (χ3v) is 3.28. The van der Waals surface area contributed by atoms with Gasteiger partial charge in [-0.05, 0) is 31.4 Å². The molecule has 0 aromatic heterocycles. The maximum Gasteiger partial charge on any atom is 0.305 e. The maximum atomic E-state index is 10.8. The summed E-state index contributed by atoms with van der Waals surface area (Å²) in [6, 6.07) is 10.4. The van der Waals surface area contributed by atoms with Crippen LogP contribution in [0.2, 0.25) is 0 Å². The lowest BCUT2D eigenvalue weighted by Gasteiger charge is -2.33. The number of rotatable bonds is 5. The topological polar surface area (TPSA) is 40.5 Å². The van der Waals surface area contributed by atoms with Crippen LogP contribution < -0.4 is 4.90 Å². The van der Waals surface area contributed by atoms with Crippen molar-refractivity contribution in [3.8, 4) is 0 Å². The van der Waals surface area contributed by atoms with E-state index in [0.717, 1.165) is 18.5 Å². The third kappa shape index (κ3) is 3.36. The molecule has 0 saturated heterocycles. The number of allylic oxidation sites excluding steroid dienone is 1. The minimum absolute atomic E-state index is 0.180. The van der Waals surface area contributed by atoms with E-state index in [1.54, 1.807) is 0 Å². The van der Waals surface area contributed by atoms with Crippen molar-refractivity contribution >= 4 is 11.7 Å². The highest BCUT2D eigenvalue weighted by Crippen LogP contribution is 2.23. The van der Waals surface area contributed by atoms with E-state index >= 15 is 0 Å². The van der Waals surface area contributed by atoms with Crippen LogP contribution in [0.1, 0.15) is 25.7 Å². The number of nitrogens with zero attached hydrogens (tertiary/aromatic N) is 1. The van der Waals surface area contributed by atoms with Crippen molar-refractivity contribution in [1.29, 1.82) is 0 Å². The fraction of sp³-hybridized carbons (Fsp3) is 0.400. The number of carbonyl (C=O) groups is 1. The first kappa shape index (κ1) is 12.7. The fourth-order valence-electron chi connectivity index (χ4n) is 2.38. The quantitative estimate of drug-likeness (QED) is 0.810. The Balaban J connectivity index is 2.14. The fourth-order valence-corrected chi connectivity index (χ4v) is 2.38. The Labute approximate surface area is 108 Å². The van der Waals surface area contributed by atoms with Crippen LogP contribution in [-0.4, -0.2) is 23.7 Å². The smallest absolute Gasteiger partial charge is 0.305 e. The van der Waals surface area contributed by atoms with Gasteiger partial charge in [0, 0.05) is 18.3 Å². The number of para-hydroxylation sites is 1. The molecule has 0 aliphatic heterocycles. The summed E-state index contributed by atoms with van der Waals surface area (Å²) in [5.74, 6) is -0.740. The van der Waals surface area contributed by atoms with Crippen LogP contribution in [0.25, 0.3) is 0 Å². The van der Waals surface area contributed by atoms with Crippen LogP contribution in [0.3, 0.4) is 0 Å². The second-order valence-electron chi connectivity index (χ2n) is 4.60. The van der Waals surface area contributed by atoms with Gasteiger partial charge in [0.25, 0.3) is 0 Å². The second kappa shape index (κ2) is 6.24. The van der Waals surface area contributed by atoms with Gasteiger partial charge in [0.1, 0.15) is 0 Å². The number of carboxylic acids is 1. The summed E-state index contributed by atoms with van der Waals surface area (Å²) in [7, 11) is 0. The summed E-state index contributed by atoms with van der Waals surface area (Å²) in [6.07, 6.45) is 8.00. The van der Waals surface area contributed by atoms with Gasteiger partial charge in [-0.15, -0.1) is 0 Å². The Morgan fingerprint density at radius 3 is 2.72 bits per heavy atom. The van der Waals surface area contributed by atoms with Crippen LogP contribution in [0.5, 0.6) is 0 Å². The number of hydrogen-bond donors (Lipinski definition) is 1. The predicted molar refractivity (Wildman–Crippen MR) is 72.8 cm³/mol. The van der Waals surface area contributed by atoms with Gasteiger partial charge >= 0.3 is 5.97 Å². The average molecular weight is 245 g/mol. The Morgan fingerprint density at radius 2 is 2.11 bits per heavy atom. The molecule has 1 aromatic carbocycles. The van der Waals surface area contributed by atoms with Crippen LogP contribution in [-0.2, 0) is 4.79 Å². The summed E-state index contributed by atoms with van der Waals surface area (Å²) in [6.45, 7) is 0.564. The van der Waals surface area contributed by atoms with Gasteiger partial charge in [-0.3, -0.25) is 4.79 Å². The Morgan fingerprint density at radius 1 is 1.33 bits per heavy atom. The van der Waals surface area contributed by atoms with Crippen LogP contribution in [0.15, 0.2) is 42.5 Å². The molecule has 0 amide bonds. The predicted octanol–water partition coefficient (Wildman–Crippen LogP) is 3.08. The average Bonchev–Trinajstić information content (AvgIpc) is 2.41. The zero-order chi connectivity index (χ0) is 12.8. The van der Waals surface area contributed by atoms with E-state index in [1.165, 1.54) is 6.42 Å². The molecule has 0 spiro atoms. The molecule has 0 heterocycles. The van der Waals surface area contributed by atoms with E-state index in [1.807, 2.05) is 30.3 Å². The highest BCUT2D eigenvalue weighted by molar-refractivity contribution is 5.67. The molecule has 0 bridgehead atoms. The Hall–Kier alpha value is -1.77. The normalized spacial score (nSPS) is 18.6.